The van der Waals surface area contributed by atoms with Gasteiger partial charge in [-0.15, -0.1) is 0 Å². The number of nitrogens with one attached hydrogen (secondary N) is 3. The number of ether oxygens (including phenoxy) is 1. The highest BCUT2D eigenvalue weighted by molar-refractivity contribution is 7.89. The lowest BCUT2D eigenvalue weighted by atomic mass is 10.2. The van der Waals surface area contributed by atoms with Crippen molar-refractivity contribution in [2.45, 2.75) is 18.7 Å². The van der Waals surface area contributed by atoms with E-state index in [2.05, 4.69) is 29.8 Å². The zero-order valence-electron chi connectivity index (χ0n) is 15.5. The Morgan fingerprint density at radius 1 is 1.23 bits per heavy atom. The van der Waals surface area contributed by atoms with E-state index in [9.17, 15) is 13.2 Å². The van der Waals surface area contributed by atoms with E-state index in [0.717, 1.165) is 0 Å². The van der Waals surface area contributed by atoms with Gasteiger partial charge in [0, 0.05) is 19.6 Å². The third kappa shape index (κ3) is 5.41. The molecule has 1 amide bonds. The minimum atomic E-state index is -3.62. The fraction of sp³-hybridized carbons (Fsp3) is 0.588. The second-order valence-corrected chi connectivity index (χ2v) is 8.52. The fourth-order valence-corrected chi connectivity index (χ4v) is 3.98. The summed E-state index contributed by atoms with van der Waals surface area (Å²) in [4.78, 5) is 12.1. The van der Waals surface area contributed by atoms with Gasteiger partial charge in [0.05, 0.1) is 36.0 Å². The maximum atomic E-state index is 12.9. The van der Waals surface area contributed by atoms with Crippen LogP contribution in [-0.4, -0.2) is 65.1 Å². The fourth-order valence-electron chi connectivity index (χ4n) is 2.55. The molecule has 26 heavy (non-hydrogen) atoms. The molecule has 0 radical (unpaired) electrons. The maximum absolute atomic E-state index is 12.9. The third-order valence-corrected chi connectivity index (χ3v) is 5.81. The van der Waals surface area contributed by atoms with Gasteiger partial charge in [-0.1, -0.05) is 13.8 Å². The lowest BCUT2D eigenvalue weighted by Crippen LogP contribution is -2.40. The number of nitrogens with zero attached hydrogens (tertiary/aromatic N) is 1. The lowest BCUT2D eigenvalue weighted by Gasteiger charge is -2.26. The van der Waals surface area contributed by atoms with Crippen LogP contribution in [0.4, 0.5) is 11.4 Å². The summed E-state index contributed by atoms with van der Waals surface area (Å²) in [6.45, 7) is 6.44. The Morgan fingerprint density at radius 3 is 2.54 bits per heavy atom. The number of hydrogen-bond donors (Lipinski definition) is 3. The summed E-state index contributed by atoms with van der Waals surface area (Å²) in [5.41, 5.74) is 1.16. The van der Waals surface area contributed by atoms with Crippen LogP contribution >= 0.6 is 0 Å². The molecule has 0 aliphatic carbocycles. The molecule has 1 heterocycles. The van der Waals surface area contributed by atoms with E-state index in [-0.39, 0.29) is 17.3 Å². The smallest absolute Gasteiger partial charge is 0.243 e. The van der Waals surface area contributed by atoms with Crippen molar-refractivity contribution in [2.24, 2.45) is 5.92 Å². The van der Waals surface area contributed by atoms with Crippen LogP contribution in [0.15, 0.2) is 23.1 Å². The third-order valence-electron chi connectivity index (χ3n) is 3.91. The summed E-state index contributed by atoms with van der Waals surface area (Å²) >= 11 is 0. The molecule has 3 N–H and O–H groups in total. The van der Waals surface area contributed by atoms with E-state index in [1.54, 1.807) is 19.2 Å². The molecule has 146 valence electrons. The van der Waals surface area contributed by atoms with Crippen LogP contribution in [0.5, 0.6) is 0 Å². The van der Waals surface area contributed by atoms with Crippen molar-refractivity contribution in [3.8, 4) is 0 Å². The molecule has 1 fully saturated rings. The van der Waals surface area contributed by atoms with Gasteiger partial charge in [0.25, 0.3) is 0 Å². The largest absolute Gasteiger partial charge is 0.383 e. The highest BCUT2D eigenvalue weighted by atomic mass is 32.2. The van der Waals surface area contributed by atoms with Crippen LogP contribution in [-0.2, 0) is 19.6 Å². The Hall–Kier alpha value is -1.68. The molecule has 1 aliphatic heterocycles. The van der Waals surface area contributed by atoms with Crippen molar-refractivity contribution in [2.75, 3.05) is 57.1 Å². The highest BCUT2D eigenvalue weighted by Gasteiger charge is 2.27. The SMILES string of the molecule is CNCC(=O)Nc1cc(S(=O)(=O)N2CCOCC2)ccc1NCC(C)C. The maximum Gasteiger partial charge on any atom is 0.243 e. The number of anilines is 2. The van der Waals surface area contributed by atoms with E-state index in [1.807, 2.05) is 0 Å². The zero-order chi connectivity index (χ0) is 19.2. The summed E-state index contributed by atoms with van der Waals surface area (Å²) in [6, 6.07) is 4.78. The van der Waals surface area contributed by atoms with Crippen LogP contribution in [0.2, 0.25) is 0 Å². The molecule has 0 spiro atoms. The quantitative estimate of drug-likeness (QED) is 0.617. The van der Waals surface area contributed by atoms with Gasteiger partial charge in [0.2, 0.25) is 15.9 Å². The second-order valence-electron chi connectivity index (χ2n) is 6.58. The highest BCUT2D eigenvalue weighted by Crippen LogP contribution is 2.28. The van der Waals surface area contributed by atoms with Gasteiger partial charge in [0.15, 0.2) is 0 Å². The van der Waals surface area contributed by atoms with Crippen LogP contribution in [0.1, 0.15) is 13.8 Å². The van der Waals surface area contributed by atoms with Gasteiger partial charge in [-0.05, 0) is 31.2 Å². The van der Waals surface area contributed by atoms with Gasteiger partial charge < -0.3 is 20.7 Å². The Bertz CT molecular complexity index is 715. The van der Waals surface area contributed by atoms with Gasteiger partial charge in [-0.3, -0.25) is 4.79 Å². The predicted molar refractivity (Wildman–Crippen MR) is 102 cm³/mol. The molecule has 0 atom stereocenters. The first-order chi connectivity index (χ1) is 12.3. The Kier molecular flexibility index (Phi) is 7.39. The van der Waals surface area contributed by atoms with Crippen molar-refractivity contribution in [1.29, 1.82) is 0 Å². The molecule has 1 aromatic carbocycles. The summed E-state index contributed by atoms with van der Waals surface area (Å²) in [5.74, 6) is 0.175. The standard InChI is InChI=1S/C17H28N4O4S/c1-13(2)11-19-15-5-4-14(10-16(15)20-17(22)12-18-3)26(23,24)21-6-8-25-9-7-21/h4-5,10,13,18-19H,6-9,11-12H2,1-3H3,(H,20,22). The summed E-state index contributed by atoms with van der Waals surface area (Å²) in [6.07, 6.45) is 0. The molecule has 0 unspecified atom stereocenters. The average Bonchev–Trinajstić information content (AvgIpc) is 2.61. The Labute approximate surface area is 155 Å². The van der Waals surface area contributed by atoms with Crippen molar-refractivity contribution in [3.05, 3.63) is 18.2 Å². The molecular weight excluding hydrogens is 356 g/mol. The monoisotopic (exact) mass is 384 g/mol. The van der Waals surface area contributed by atoms with E-state index in [0.29, 0.717) is 50.1 Å². The van der Waals surface area contributed by atoms with Crippen molar-refractivity contribution in [1.82, 2.24) is 9.62 Å². The van der Waals surface area contributed by atoms with Crippen molar-refractivity contribution < 1.29 is 17.9 Å². The number of sulfonamides is 1. The Morgan fingerprint density at radius 2 is 1.92 bits per heavy atom. The molecule has 1 aliphatic rings. The number of rotatable bonds is 8. The Balaban J connectivity index is 2.31. The average molecular weight is 385 g/mol. The first-order valence-electron chi connectivity index (χ1n) is 8.75. The molecule has 0 saturated carbocycles. The first kappa shape index (κ1) is 20.6. The lowest BCUT2D eigenvalue weighted by molar-refractivity contribution is -0.115. The normalized spacial score (nSPS) is 15.8. The minimum absolute atomic E-state index is 0.143. The first-order valence-corrected chi connectivity index (χ1v) is 10.2. The van der Waals surface area contributed by atoms with Crippen molar-refractivity contribution in [3.63, 3.8) is 0 Å². The number of benzene rings is 1. The van der Waals surface area contributed by atoms with E-state index in [4.69, 9.17) is 4.74 Å². The number of likely N-dealkylation sites (N-methyl/N-ethyl adjacent to an activating group) is 1. The van der Waals surface area contributed by atoms with E-state index < -0.39 is 10.0 Å². The number of amides is 1. The van der Waals surface area contributed by atoms with E-state index in [1.165, 1.54) is 10.4 Å². The van der Waals surface area contributed by atoms with Crippen molar-refractivity contribution >= 4 is 27.3 Å². The second kappa shape index (κ2) is 9.31. The number of morpholine rings is 1. The molecular formula is C17H28N4O4S. The van der Waals surface area contributed by atoms with E-state index >= 15 is 0 Å². The predicted octanol–water partition coefficient (Wildman–Crippen LogP) is 0.933. The number of hydrogen-bond acceptors (Lipinski definition) is 6. The summed E-state index contributed by atoms with van der Waals surface area (Å²) in [5, 5.41) is 8.81. The molecule has 1 aromatic rings. The molecule has 0 bridgehead atoms. The molecule has 1 saturated heterocycles. The molecule has 9 heteroatoms. The molecule has 0 aromatic heterocycles. The summed E-state index contributed by atoms with van der Waals surface area (Å²) < 4.78 is 32.3. The molecule has 2 rings (SSSR count). The number of carbonyl (C=O) groups excluding carboxylic acids is 1. The van der Waals surface area contributed by atoms with Gasteiger partial charge in [-0.25, -0.2) is 8.42 Å². The van der Waals surface area contributed by atoms with Gasteiger partial charge in [0.1, 0.15) is 0 Å². The van der Waals surface area contributed by atoms with Gasteiger partial charge in [-0.2, -0.15) is 4.31 Å². The minimum Gasteiger partial charge on any atom is -0.383 e. The number of carbonyl (C=O) groups is 1. The van der Waals surface area contributed by atoms with Gasteiger partial charge >= 0.3 is 0 Å². The van der Waals surface area contributed by atoms with Crippen LogP contribution in [0.3, 0.4) is 0 Å². The van der Waals surface area contributed by atoms with Crippen LogP contribution in [0.25, 0.3) is 0 Å². The zero-order valence-corrected chi connectivity index (χ0v) is 16.4. The topological polar surface area (TPSA) is 99.8 Å². The van der Waals surface area contributed by atoms with Crippen LogP contribution < -0.4 is 16.0 Å². The van der Waals surface area contributed by atoms with Crippen LogP contribution in [0, 0.1) is 5.92 Å². The molecule has 8 nitrogen and oxygen atoms in total. The summed E-state index contributed by atoms with van der Waals surface area (Å²) in [7, 11) is -1.94.